The topological polar surface area (TPSA) is 96.6 Å². The van der Waals surface area contributed by atoms with Crippen LogP contribution in [0.25, 0.3) is 0 Å². The molecule has 1 saturated heterocycles. The number of aryl methyl sites for hydroxylation is 2. The zero-order valence-electron chi connectivity index (χ0n) is 15.0. The van der Waals surface area contributed by atoms with Gasteiger partial charge in [-0.25, -0.2) is 8.42 Å². The number of piperazine rings is 1. The lowest BCUT2D eigenvalue weighted by atomic mass is 10.0. The molecular weight excluding hydrogens is 356 g/mol. The number of aromatic nitrogens is 2. The molecule has 1 aliphatic heterocycles. The van der Waals surface area contributed by atoms with Gasteiger partial charge >= 0.3 is 0 Å². The lowest BCUT2D eigenvalue weighted by molar-refractivity contribution is -0.133. The summed E-state index contributed by atoms with van der Waals surface area (Å²) in [5.74, 6) is -0.0481. The Bertz CT molecular complexity index is 867. The van der Waals surface area contributed by atoms with Crippen LogP contribution in [0.15, 0.2) is 33.9 Å². The predicted molar refractivity (Wildman–Crippen MR) is 94.0 cm³/mol. The van der Waals surface area contributed by atoms with E-state index in [1.165, 1.54) is 4.31 Å². The summed E-state index contributed by atoms with van der Waals surface area (Å²) in [6, 6.07) is 3.67. The van der Waals surface area contributed by atoms with E-state index < -0.39 is 10.0 Å². The Hall–Kier alpha value is -2.26. The molecule has 1 unspecified atom stereocenters. The second kappa shape index (κ2) is 7.16. The van der Waals surface area contributed by atoms with Crippen LogP contribution in [-0.2, 0) is 14.8 Å². The first-order chi connectivity index (χ1) is 12.3. The highest BCUT2D eigenvalue weighted by molar-refractivity contribution is 7.89. The summed E-state index contributed by atoms with van der Waals surface area (Å²) in [6.45, 7) is 6.24. The molecule has 26 heavy (non-hydrogen) atoms. The van der Waals surface area contributed by atoms with Gasteiger partial charge in [0.25, 0.3) is 0 Å². The number of rotatable bonds is 4. The van der Waals surface area contributed by atoms with Crippen LogP contribution in [0, 0.1) is 13.8 Å². The Morgan fingerprint density at radius 1 is 1.23 bits per heavy atom. The van der Waals surface area contributed by atoms with Gasteiger partial charge in [-0.05, 0) is 32.4 Å². The summed E-state index contributed by atoms with van der Waals surface area (Å²) in [5, 5.41) is 3.73. The van der Waals surface area contributed by atoms with E-state index >= 15 is 0 Å². The van der Waals surface area contributed by atoms with Crippen molar-refractivity contribution in [1.29, 1.82) is 0 Å². The van der Waals surface area contributed by atoms with Crippen LogP contribution < -0.4 is 0 Å². The average Bonchev–Trinajstić information content (AvgIpc) is 3.00. The van der Waals surface area contributed by atoms with Crippen molar-refractivity contribution in [2.75, 3.05) is 26.2 Å². The Morgan fingerprint density at radius 2 is 1.92 bits per heavy atom. The highest BCUT2D eigenvalue weighted by Gasteiger charge is 2.35. The maximum Gasteiger partial charge on any atom is 0.248 e. The molecule has 2 aromatic heterocycles. The van der Waals surface area contributed by atoms with Crippen LogP contribution in [0.5, 0.6) is 0 Å². The zero-order valence-corrected chi connectivity index (χ0v) is 15.9. The summed E-state index contributed by atoms with van der Waals surface area (Å²) in [5.41, 5.74) is 1.20. The first-order valence-electron chi connectivity index (χ1n) is 8.44. The second-order valence-electron chi connectivity index (χ2n) is 6.39. The molecule has 1 amide bonds. The molecule has 0 saturated carbocycles. The summed E-state index contributed by atoms with van der Waals surface area (Å²) < 4.78 is 32.0. The highest BCUT2D eigenvalue weighted by Crippen LogP contribution is 2.25. The Kier molecular flexibility index (Phi) is 5.10. The Balaban J connectivity index is 1.68. The quantitative estimate of drug-likeness (QED) is 0.796. The van der Waals surface area contributed by atoms with Crippen molar-refractivity contribution >= 4 is 15.9 Å². The van der Waals surface area contributed by atoms with E-state index in [1.807, 2.05) is 13.0 Å². The van der Waals surface area contributed by atoms with Crippen LogP contribution in [0.1, 0.15) is 29.9 Å². The summed E-state index contributed by atoms with van der Waals surface area (Å²) in [4.78, 5) is 18.6. The molecule has 0 aliphatic carbocycles. The number of sulfonamides is 1. The van der Waals surface area contributed by atoms with Gasteiger partial charge in [-0.1, -0.05) is 11.2 Å². The third-order valence-corrected chi connectivity index (χ3v) is 6.81. The van der Waals surface area contributed by atoms with Crippen molar-refractivity contribution in [2.24, 2.45) is 0 Å². The number of carbonyl (C=O) groups is 1. The number of hydrogen-bond acceptors (Lipinski definition) is 6. The molecule has 3 rings (SSSR count). The van der Waals surface area contributed by atoms with Crippen LogP contribution >= 0.6 is 0 Å². The third-order valence-electron chi connectivity index (χ3n) is 4.67. The monoisotopic (exact) mass is 378 g/mol. The Morgan fingerprint density at radius 3 is 2.46 bits per heavy atom. The standard InChI is InChI=1S/C17H22N4O4S/c1-12(15-5-4-6-18-11-15)17(22)20-7-9-21(10-8-20)26(23,24)16-13(2)19-25-14(16)3/h4-6,11-12H,7-10H2,1-3H3. The molecule has 1 aliphatic rings. The van der Waals surface area contributed by atoms with Crippen LogP contribution in [0.3, 0.4) is 0 Å². The van der Waals surface area contributed by atoms with Crippen molar-refractivity contribution < 1.29 is 17.7 Å². The second-order valence-corrected chi connectivity index (χ2v) is 8.27. The van der Waals surface area contributed by atoms with E-state index in [0.29, 0.717) is 18.8 Å². The van der Waals surface area contributed by atoms with Gasteiger partial charge < -0.3 is 9.42 Å². The number of amides is 1. The van der Waals surface area contributed by atoms with Gasteiger partial charge in [0.15, 0.2) is 5.76 Å². The van der Waals surface area contributed by atoms with Crippen LogP contribution in [0.4, 0.5) is 0 Å². The first kappa shape index (κ1) is 18.5. The van der Waals surface area contributed by atoms with Gasteiger partial charge in [-0.3, -0.25) is 9.78 Å². The van der Waals surface area contributed by atoms with E-state index in [1.54, 1.807) is 37.2 Å². The number of pyridine rings is 1. The molecule has 1 fully saturated rings. The molecule has 0 aromatic carbocycles. The van der Waals surface area contributed by atoms with E-state index in [0.717, 1.165) is 5.56 Å². The fourth-order valence-corrected chi connectivity index (χ4v) is 4.88. The van der Waals surface area contributed by atoms with Crippen molar-refractivity contribution in [2.45, 2.75) is 31.6 Å². The largest absolute Gasteiger partial charge is 0.360 e. The van der Waals surface area contributed by atoms with Crippen LogP contribution in [0.2, 0.25) is 0 Å². The first-order valence-corrected chi connectivity index (χ1v) is 9.88. The van der Waals surface area contributed by atoms with Gasteiger partial charge in [0.2, 0.25) is 15.9 Å². The van der Waals surface area contributed by atoms with Crippen LogP contribution in [-0.4, -0.2) is 59.8 Å². The molecule has 0 N–H and O–H groups in total. The minimum absolute atomic E-state index is 0.0209. The summed E-state index contributed by atoms with van der Waals surface area (Å²) >= 11 is 0. The van der Waals surface area contributed by atoms with Crippen molar-refractivity contribution in [1.82, 2.24) is 19.3 Å². The molecule has 3 heterocycles. The minimum atomic E-state index is -3.67. The predicted octanol–water partition coefficient (Wildman–Crippen LogP) is 1.32. The smallest absolute Gasteiger partial charge is 0.248 e. The maximum atomic E-state index is 12.8. The summed E-state index contributed by atoms with van der Waals surface area (Å²) in [6.07, 6.45) is 3.35. The van der Waals surface area contributed by atoms with Gasteiger partial charge in [0.05, 0.1) is 5.92 Å². The lowest BCUT2D eigenvalue weighted by Gasteiger charge is -2.35. The zero-order chi connectivity index (χ0) is 18.9. The average molecular weight is 378 g/mol. The molecule has 2 aromatic rings. The maximum absolute atomic E-state index is 12.8. The SMILES string of the molecule is Cc1noc(C)c1S(=O)(=O)N1CCN(C(=O)C(C)c2cccnc2)CC1. The molecule has 0 radical (unpaired) electrons. The van der Waals surface area contributed by atoms with Crippen molar-refractivity contribution in [3.05, 3.63) is 41.5 Å². The van der Waals surface area contributed by atoms with Crippen molar-refractivity contribution in [3.8, 4) is 0 Å². The molecule has 140 valence electrons. The lowest BCUT2D eigenvalue weighted by Crippen LogP contribution is -2.51. The van der Waals surface area contributed by atoms with E-state index in [-0.39, 0.29) is 35.6 Å². The fraction of sp³-hybridized carbons (Fsp3) is 0.471. The Labute approximate surface area is 152 Å². The fourth-order valence-electron chi connectivity index (χ4n) is 3.17. The molecule has 1 atom stereocenters. The minimum Gasteiger partial charge on any atom is -0.360 e. The summed E-state index contributed by atoms with van der Waals surface area (Å²) in [7, 11) is -3.67. The number of hydrogen-bond donors (Lipinski definition) is 0. The van der Waals surface area contributed by atoms with E-state index in [9.17, 15) is 13.2 Å². The molecular formula is C17H22N4O4S. The normalized spacial score (nSPS) is 17.3. The van der Waals surface area contributed by atoms with E-state index in [2.05, 4.69) is 10.1 Å². The highest BCUT2D eigenvalue weighted by atomic mass is 32.2. The number of carbonyl (C=O) groups excluding carboxylic acids is 1. The van der Waals surface area contributed by atoms with Crippen molar-refractivity contribution in [3.63, 3.8) is 0 Å². The molecule has 0 bridgehead atoms. The van der Waals surface area contributed by atoms with Gasteiger partial charge in [-0.15, -0.1) is 0 Å². The third kappa shape index (κ3) is 3.36. The van der Waals surface area contributed by atoms with Gasteiger partial charge in [-0.2, -0.15) is 4.31 Å². The molecule has 9 heteroatoms. The van der Waals surface area contributed by atoms with Gasteiger partial charge in [0.1, 0.15) is 10.6 Å². The molecule has 8 nitrogen and oxygen atoms in total. The number of nitrogens with zero attached hydrogens (tertiary/aromatic N) is 4. The molecule has 0 spiro atoms. The van der Waals surface area contributed by atoms with E-state index in [4.69, 9.17) is 4.52 Å². The van der Waals surface area contributed by atoms with Gasteiger partial charge in [0, 0.05) is 38.6 Å².